The lowest BCUT2D eigenvalue weighted by atomic mass is 10.2. The summed E-state index contributed by atoms with van der Waals surface area (Å²) < 4.78 is 2.08. The first-order chi connectivity index (χ1) is 14.6. The highest BCUT2D eigenvalue weighted by molar-refractivity contribution is 8.00. The third kappa shape index (κ3) is 4.53. The molecule has 10 heteroatoms. The molecule has 0 saturated heterocycles. The van der Waals surface area contributed by atoms with E-state index in [4.69, 9.17) is 5.26 Å². The molecule has 2 heterocycles. The summed E-state index contributed by atoms with van der Waals surface area (Å²) in [5, 5.41) is 20.0. The van der Waals surface area contributed by atoms with Crippen LogP contribution in [0.4, 0.5) is 5.13 Å². The van der Waals surface area contributed by atoms with E-state index in [1.54, 1.807) is 30.3 Å². The van der Waals surface area contributed by atoms with E-state index in [-0.39, 0.29) is 18.0 Å². The molecule has 4 aromatic rings. The van der Waals surface area contributed by atoms with Crippen molar-refractivity contribution in [1.82, 2.24) is 19.7 Å². The fraction of sp³-hybridized carbons (Fsp3) is 0.100. The molecular weight excluding hydrogens is 420 g/mol. The summed E-state index contributed by atoms with van der Waals surface area (Å²) in [5.74, 6) is 0.306. The van der Waals surface area contributed by atoms with Gasteiger partial charge in [-0.2, -0.15) is 5.26 Å². The fourth-order valence-electron chi connectivity index (χ4n) is 2.72. The molecule has 2 aromatic heterocycles. The molecular formula is C20H14N6O2S2. The number of benzene rings is 2. The number of hydrogen-bond acceptors (Lipinski definition) is 8. The van der Waals surface area contributed by atoms with Gasteiger partial charge in [-0.1, -0.05) is 47.4 Å². The Hall–Kier alpha value is -3.55. The highest BCUT2D eigenvalue weighted by Gasteiger charge is 2.12. The number of nitrogens with one attached hydrogen (secondary N) is 1. The maximum Gasteiger partial charge on any atom is 0.269 e. The van der Waals surface area contributed by atoms with Crippen LogP contribution in [0.15, 0.2) is 63.9 Å². The Bertz CT molecular complexity index is 1310. The predicted octanol–water partition coefficient (Wildman–Crippen LogP) is 3.05. The molecule has 0 aliphatic carbocycles. The van der Waals surface area contributed by atoms with Crippen molar-refractivity contribution in [3.63, 3.8) is 0 Å². The summed E-state index contributed by atoms with van der Waals surface area (Å²) in [5.41, 5.74) is 2.56. The minimum atomic E-state index is -0.367. The highest BCUT2D eigenvalue weighted by Crippen LogP contribution is 2.28. The lowest BCUT2D eigenvalue weighted by molar-refractivity contribution is -0.116. The van der Waals surface area contributed by atoms with Gasteiger partial charge < -0.3 is 0 Å². The molecule has 0 aliphatic heterocycles. The van der Waals surface area contributed by atoms with Crippen LogP contribution in [0.5, 0.6) is 0 Å². The maximum atomic E-state index is 12.4. The molecule has 0 saturated carbocycles. The number of aromatic nitrogens is 4. The van der Waals surface area contributed by atoms with Gasteiger partial charge in [0.2, 0.25) is 11.0 Å². The second-order valence-electron chi connectivity index (χ2n) is 6.19. The van der Waals surface area contributed by atoms with Crippen molar-refractivity contribution in [2.24, 2.45) is 0 Å². The second kappa shape index (κ2) is 8.86. The van der Waals surface area contributed by atoms with Crippen LogP contribution in [0.2, 0.25) is 0 Å². The smallest absolute Gasteiger partial charge is 0.269 e. The van der Waals surface area contributed by atoms with Gasteiger partial charge in [0.05, 0.1) is 28.9 Å². The second-order valence-corrected chi connectivity index (χ2v) is 8.39. The maximum absolute atomic E-state index is 12.4. The van der Waals surface area contributed by atoms with Gasteiger partial charge in [0.15, 0.2) is 4.34 Å². The summed E-state index contributed by atoms with van der Waals surface area (Å²) in [7, 11) is 0. The Morgan fingerprint density at radius 3 is 2.77 bits per heavy atom. The molecule has 0 fully saturated rings. The van der Waals surface area contributed by atoms with E-state index in [0.717, 1.165) is 5.56 Å². The van der Waals surface area contributed by atoms with Crippen molar-refractivity contribution in [2.45, 2.75) is 16.6 Å². The number of fused-ring (bicyclic) bond motifs is 1. The summed E-state index contributed by atoms with van der Waals surface area (Å²) in [6.45, 7) is -0.144. The standard InChI is InChI=1S/C20H14N6O2S2/c21-9-13-5-7-14(8-6-13)12-29-20-25-24-19(30-20)23-17(27)11-26-16-4-2-1-3-15(16)22-10-18(26)28/h1-8,10H,11-12H2,(H,23,24,27). The van der Waals surface area contributed by atoms with Crippen molar-refractivity contribution < 1.29 is 4.79 Å². The van der Waals surface area contributed by atoms with Gasteiger partial charge in [0, 0.05) is 5.75 Å². The van der Waals surface area contributed by atoms with Gasteiger partial charge in [-0.25, -0.2) is 4.98 Å². The first-order valence-electron chi connectivity index (χ1n) is 8.82. The lowest BCUT2D eigenvalue weighted by Crippen LogP contribution is -2.27. The number of amides is 1. The molecule has 0 atom stereocenters. The Kier molecular flexibility index (Phi) is 5.83. The van der Waals surface area contributed by atoms with Crippen LogP contribution in [-0.2, 0) is 17.1 Å². The topological polar surface area (TPSA) is 114 Å². The van der Waals surface area contributed by atoms with E-state index in [9.17, 15) is 9.59 Å². The molecule has 0 spiro atoms. The number of thioether (sulfide) groups is 1. The summed E-state index contributed by atoms with van der Waals surface area (Å²) in [6, 6.07) is 16.6. The molecule has 1 N–H and O–H groups in total. The van der Waals surface area contributed by atoms with Gasteiger partial charge in [0.25, 0.3) is 5.56 Å². The van der Waals surface area contributed by atoms with E-state index >= 15 is 0 Å². The van der Waals surface area contributed by atoms with E-state index < -0.39 is 0 Å². The van der Waals surface area contributed by atoms with Crippen LogP contribution >= 0.6 is 23.1 Å². The van der Waals surface area contributed by atoms with E-state index in [0.29, 0.717) is 31.8 Å². The first kappa shape index (κ1) is 19.8. The zero-order valence-electron chi connectivity index (χ0n) is 15.5. The van der Waals surface area contributed by atoms with Gasteiger partial charge in [0.1, 0.15) is 6.54 Å². The number of carbonyl (C=O) groups is 1. The molecule has 1 amide bonds. The third-order valence-corrected chi connectivity index (χ3v) is 6.20. The number of anilines is 1. The van der Waals surface area contributed by atoms with Crippen LogP contribution in [0.25, 0.3) is 11.0 Å². The van der Waals surface area contributed by atoms with Gasteiger partial charge in [-0.05, 0) is 29.8 Å². The molecule has 4 rings (SSSR count). The Labute approximate surface area is 179 Å². The minimum Gasteiger partial charge on any atom is -0.299 e. The van der Waals surface area contributed by atoms with Gasteiger partial charge in [-0.3, -0.25) is 19.5 Å². The lowest BCUT2D eigenvalue weighted by Gasteiger charge is -2.08. The van der Waals surface area contributed by atoms with Crippen molar-refractivity contribution in [3.05, 3.63) is 76.2 Å². The summed E-state index contributed by atoms with van der Waals surface area (Å²) in [6.07, 6.45) is 1.21. The number of nitrogens with zero attached hydrogens (tertiary/aromatic N) is 5. The van der Waals surface area contributed by atoms with Crippen LogP contribution in [-0.4, -0.2) is 25.7 Å². The van der Waals surface area contributed by atoms with Crippen molar-refractivity contribution in [3.8, 4) is 6.07 Å². The van der Waals surface area contributed by atoms with Gasteiger partial charge >= 0.3 is 0 Å². The van der Waals surface area contributed by atoms with E-state index in [1.165, 1.54) is 33.9 Å². The number of hydrogen-bond donors (Lipinski definition) is 1. The van der Waals surface area contributed by atoms with Crippen molar-refractivity contribution in [1.29, 1.82) is 5.26 Å². The SMILES string of the molecule is N#Cc1ccc(CSc2nnc(NC(=O)Cn3c(=O)cnc4ccccc43)s2)cc1. The Morgan fingerprint density at radius 2 is 1.97 bits per heavy atom. The normalized spacial score (nSPS) is 10.6. The Balaban J connectivity index is 1.39. The molecule has 2 aromatic carbocycles. The largest absolute Gasteiger partial charge is 0.299 e. The monoisotopic (exact) mass is 434 g/mol. The van der Waals surface area contributed by atoms with Gasteiger partial charge in [-0.15, -0.1) is 10.2 Å². The number of para-hydroxylation sites is 2. The molecule has 30 heavy (non-hydrogen) atoms. The molecule has 148 valence electrons. The zero-order chi connectivity index (χ0) is 20.9. The predicted molar refractivity (Wildman–Crippen MR) is 115 cm³/mol. The molecule has 0 radical (unpaired) electrons. The molecule has 0 unspecified atom stereocenters. The minimum absolute atomic E-state index is 0.144. The molecule has 0 bridgehead atoms. The van der Waals surface area contributed by atoms with Crippen molar-refractivity contribution in [2.75, 3.05) is 5.32 Å². The van der Waals surface area contributed by atoms with E-state index in [2.05, 4.69) is 26.6 Å². The van der Waals surface area contributed by atoms with Crippen LogP contribution < -0.4 is 10.9 Å². The number of rotatable bonds is 6. The van der Waals surface area contributed by atoms with Crippen LogP contribution in [0, 0.1) is 11.3 Å². The summed E-state index contributed by atoms with van der Waals surface area (Å²) >= 11 is 2.75. The number of carbonyl (C=O) groups excluding carboxylic acids is 1. The van der Waals surface area contributed by atoms with Crippen molar-refractivity contribution >= 4 is 45.2 Å². The number of nitriles is 1. The zero-order valence-corrected chi connectivity index (χ0v) is 17.1. The quantitative estimate of drug-likeness (QED) is 0.366. The Morgan fingerprint density at radius 1 is 1.17 bits per heavy atom. The highest BCUT2D eigenvalue weighted by atomic mass is 32.2. The average molecular weight is 435 g/mol. The molecule has 0 aliphatic rings. The van der Waals surface area contributed by atoms with Crippen LogP contribution in [0.3, 0.4) is 0 Å². The summed E-state index contributed by atoms with van der Waals surface area (Å²) in [4.78, 5) is 28.7. The fourth-order valence-corrected chi connectivity index (χ4v) is 4.44. The van der Waals surface area contributed by atoms with E-state index in [1.807, 2.05) is 18.2 Å². The van der Waals surface area contributed by atoms with Crippen LogP contribution in [0.1, 0.15) is 11.1 Å². The first-order valence-corrected chi connectivity index (χ1v) is 10.6. The molecule has 8 nitrogen and oxygen atoms in total. The average Bonchev–Trinajstić information content (AvgIpc) is 3.22. The third-order valence-electron chi connectivity index (χ3n) is 4.15.